The lowest BCUT2D eigenvalue weighted by molar-refractivity contribution is -0.162. The van der Waals surface area contributed by atoms with Crippen molar-refractivity contribution in [1.29, 1.82) is 0 Å². The number of aliphatic hydroxyl groups is 1. The predicted octanol–water partition coefficient (Wildman–Crippen LogP) is 2.32. The second kappa shape index (κ2) is 3.57. The van der Waals surface area contributed by atoms with Crippen molar-refractivity contribution in [1.82, 2.24) is 0 Å². The largest absolute Gasteiger partial charge is 0.481 e. The maximum Gasteiger partial charge on any atom is 0.314 e. The Kier molecular flexibility index (Phi) is 2.59. The zero-order chi connectivity index (χ0) is 12.0. The minimum atomic E-state index is -0.913. The first-order valence-corrected chi connectivity index (χ1v) is 5.87. The summed E-state index contributed by atoms with van der Waals surface area (Å²) in [5.41, 5.74) is -1.01. The molecule has 0 atom stereocenters. The van der Waals surface area contributed by atoms with Crippen LogP contribution in [0.15, 0.2) is 28.7 Å². The van der Waals surface area contributed by atoms with E-state index in [1.165, 1.54) is 0 Å². The van der Waals surface area contributed by atoms with Crippen LogP contribution in [0, 0.1) is 0 Å². The first-order chi connectivity index (χ1) is 7.36. The van der Waals surface area contributed by atoms with Gasteiger partial charge in [-0.15, -0.1) is 0 Å². The number of halogens is 1. The third-order valence-corrected chi connectivity index (χ3v) is 3.70. The van der Waals surface area contributed by atoms with Crippen LogP contribution in [0.2, 0.25) is 0 Å². The Hall–Kier alpha value is -0.870. The van der Waals surface area contributed by atoms with Crippen LogP contribution in [0.25, 0.3) is 0 Å². The Morgan fingerprint density at radius 3 is 2.19 bits per heavy atom. The number of carboxylic acid groups (broad SMARTS) is 1. The van der Waals surface area contributed by atoms with Gasteiger partial charge in [-0.05, 0) is 37.5 Å². The first kappa shape index (κ1) is 11.6. The highest BCUT2D eigenvalue weighted by atomic mass is 79.9. The topological polar surface area (TPSA) is 57.5 Å². The fourth-order valence-corrected chi connectivity index (χ4v) is 2.76. The molecule has 86 valence electrons. The van der Waals surface area contributed by atoms with Gasteiger partial charge in [0.1, 0.15) is 0 Å². The Morgan fingerprint density at radius 1 is 1.31 bits per heavy atom. The van der Waals surface area contributed by atoms with Gasteiger partial charge in [0.25, 0.3) is 0 Å². The standard InChI is InChI=1S/C12H13BrO3/c1-11(16)6-12(7-11,10(14)15)8-2-4-9(13)5-3-8/h2-5,16H,6-7H2,1H3,(H,14,15)/t11-,12+. The molecule has 1 aliphatic rings. The maximum atomic E-state index is 11.4. The number of rotatable bonds is 2. The number of carboxylic acids is 1. The lowest BCUT2D eigenvalue weighted by Crippen LogP contribution is -2.57. The van der Waals surface area contributed by atoms with E-state index in [2.05, 4.69) is 15.9 Å². The molecule has 0 amide bonds. The van der Waals surface area contributed by atoms with Crippen LogP contribution < -0.4 is 0 Å². The van der Waals surface area contributed by atoms with Crippen LogP contribution in [0.4, 0.5) is 0 Å². The van der Waals surface area contributed by atoms with Crippen LogP contribution in [0.1, 0.15) is 25.3 Å². The highest BCUT2D eigenvalue weighted by molar-refractivity contribution is 9.10. The smallest absolute Gasteiger partial charge is 0.314 e. The number of aliphatic carboxylic acids is 1. The third-order valence-electron chi connectivity index (χ3n) is 3.17. The average molecular weight is 285 g/mol. The molecule has 1 saturated carbocycles. The summed E-state index contributed by atoms with van der Waals surface area (Å²) in [5.74, 6) is -0.860. The summed E-state index contributed by atoms with van der Waals surface area (Å²) < 4.78 is 0.919. The van der Waals surface area contributed by atoms with Gasteiger partial charge >= 0.3 is 5.97 Å². The van der Waals surface area contributed by atoms with Crippen LogP contribution in [-0.2, 0) is 10.2 Å². The molecule has 2 N–H and O–H groups in total. The van der Waals surface area contributed by atoms with Crippen molar-refractivity contribution in [3.8, 4) is 0 Å². The van der Waals surface area contributed by atoms with Gasteiger partial charge in [0.15, 0.2) is 0 Å². The molecule has 0 unspecified atom stereocenters. The Bertz CT molecular complexity index is 414. The van der Waals surface area contributed by atoms with Crippen molar-refractivity contribution in [3.63, 3.8) is 0 Å². The Labute approximate surface area is 102 Å². The lowest BCUT2D eigenvalue weighted by atomic mass is 9.57. The zero-order valence-corrected chi connectivity index (χ0v) is 10.5. The van der Waals surface area contributed by atoms with Gasteiger partial charge in [0.05, 0.1) is 11.0 Å². The Morgan fingerprint density at radius 2 is 1.81 bits per heavy atom. The molecular formula is C12H13BrO3. The van der Waals surface area contributed by atoms with E-state index in [4.69, 9.17) is 0 Å². The van der Waals surface area contributed by atoms with Crippen molar-refractivity contribution in [2.24, 2.45) is 0 Å². The van der Waals surface area contributed by atoms with Crippen molar-refractivity contribution in [3.05, 3.63) is 34.3 Å². The molecule has 1 aromatic carbocycles. The lowest BCUT2D eigenvalue weighted by Gasteiger charge is -2.49. The van der Waals surface area contributed by atoms with Crippen molar-refractivity contribution in [2.45, 2.75) is 30.8 Å². The molecule has 0 spiro atoms. The van der Waals surface area contributed by atoms with Crippen LogP contribution in [0.3, 0.4) is 0 Å². The van der Waals surface area contributed by atoms with E-state index in [1.54, 1.807) is 19.1 Å². The zero-order valence-electron chi connectivity index (χ0n) is 8.90. The predicted molar refractivity (Wildman–Crippen MR) is 63.3 cm³/mol. The number of carbonyl (C=O) groups is 1. The fourth-order valence-electron chi connectivity index (χ4n) is 2.50. The van der Waals surface area contributed by atoms with Crippen molar-refractivity contribution >= 4 is 21.9 Å². The summed E-state index contributed by atoms with van der Waals surface area (Å²) >= 11 is 3.31. The van der Waals surface area contributed by atoms with Gasteiger partial charge < -0.3 is 10.2 Å². The Balaban J connectivity index is 2.36. The van der Waals surface area contributed by atoms with Gasteiger partial charge in [0.2, 0.25) is 0 Å². The SMILES string of the molecule is C[C@]1(O)C[C@](C(=O)O)(c2ccc(Br)cc2)C1. The van der Waals surface area contributed by atoms with Crippen LogP contribution >= 0.6 is 15.9 Å². The first-order valence-electron chi connectivity index (χ1n) is 5.08. The molecule has 1 aromatic rings. The summed E-state index contributed by atoms with van der Waals surface area (Å²) in [6.45, 7) is 1.67. The average Bonchev–Trinajstić information content (AvgIpc) is 2.14. The van der Waals surface area contributed by atoms with Gasteiger partial charge in [0, 0.05) is 4.47 Å². The van der Waals surface area contributed by atoms with E-state index in [0.29, 0.717) is 0 Å². The summed E-state index contributed by atoms with van der Waals surface area (Å²) in [6.07, 6.45) is 0.550. The molecular weight excluding hydrogens is 272 g/mol. The van der Waals surface area contributed by atoms with Gasteiger partial charge in [-0.3, -0.25) is 4.79 Å². The van der Waals surface area contributed by atoms with Crippen LogP contribution in [0.5, 0.6) is 0 Å². The number of hydrogen-bond donors (Lipinski definition) is 2. The molecule has 0 aliphatic heterocycles. The molecule has 2 rings (SSSR count). The number of hydrogen-bond acceptors (Lipinski definition) is 2. The quantitative estimate of drug-likeness (QED) is 0.876. The van der Waals surface area contributed by atoms with E-state index in [-0.39, 0.29) is 12.8 Å². The maximum absolute atomic E-state index is 11.4. The molecule has 0 saturated heterocycles. The molecule has 0 bridgehead atoms. The molecule has 3 nitrogen and oxygen atoms in total. The van der Waals surface area contributed by atoms with E-state index < -0.39 is 17.0 Å². The monoisotopic (exact) mass is 284 g/mol. The summed E-state index contributed by atoms with van der Waals surface area (Å²) in [4.78, 5) is 11.4. The van der Waals surface area contributed by atoms with Crippen LogP contribution in [-0.4, -0.2) is 21.8 Å². The van der Waals surface area contributed by atoms with Gasteiger partial charge in [-0.25, -0.2) is 0 Å². The van der Waals surface area contributed by atoms with Crippen molar-refractivity contribution < 1.29 is 15.0 Å². The fraction of sp³-hybridized carbons (Fsp3) is 0.417. The third kappa shape index (κ3) is 1.76. The van der Waals surface area contributed by atoms with E-state index in [1.807, 2.05) is 12.1 Å². The minimum absolute atomic E-state index is 0.275. The highest BCUT2D eigenvalue weighted by Gasteiger charge is 2.57. The summed E-state index contributed by atoms with van der Waals surface area (Å²) in [6, 6.07) is 7.25. The second-order valence-corrected chi connectivity index (χ2v) is 5.66. The van der Waals surface area contributed by atoms with E-state index in [0.717, 1.165) is 10.0 Å². The van der Waals surface area contributed by atoms with Crippen molar-refractivity contribution in [2.75, 3.05) is 0 Å². The van der Waals surface area contributed by atoms with Gasteiger partial charge in [-0.2, -0.15) is 0 Å². The molecule has 1 fully saturated rings. The molecule has 16 heavy (non-hydrogen) atoms. The van der Waals surface area contributed by atoms with E-state index >= 15 is 0 Å². The molecule has 0 aromatic heterocycles. The molecule has 4 heteroatoms. The molecule has 1 aliphatic carbocycles. The van der Waals surface area contributed by atoms with E-state index in [9.17, 15) is 15.0 Å². The molecule has 0 radical (unpaired) electrons. The normalized spacial score (nSPS) is 33.2. The summed E-state index contributed by atoms with van der Waals surface area (Å²) in [7, 11) is 0. The minimum Gasteiger partial charge on any atom is -0.481 e. The molecule has 0 heterocycles. The number of benzene rings is 1. The summed E-state index contributed by atoms with van der Waals surface area (Å²) in [5, 5.41) is 19.1. The van der Waals surface area contributed by atoms with Gasteiger partial charge in [-0.1, -0.05) is 28.1 Å². The highest BCUT2D eigenvalue weighted by Crippen LogP contribution is 2.50. The second-order valence-electron chi connectivity index (χ2n) is 4.74.